The van der Waals surface area contributed by atoms with Gasteiger partial charge in [0.2, 0.25) is 5.78 Å². The number of aromatic nitrogens is 2. The number of imidazole rings is 1. The Morgan fingerprint density at radius 3 is 2.68 bits per heavy atom. The first-order valence-electron chi connectivity index (χ1n) is 8.93. The van der Waals surface area contributed by atoms with E-state index in [4.69, 9.17) is 11.6 Å². The lowest BCUT2D eigenvalue weighted by Crippen LogP contribution is -2.51. The van der Waals surface area contributed by atoms with Crippen molar-refractivity contribution in [2.75, 3.05) is 31.1 Å². The summed E-state index contributed by atoms with van der Waals surface area (Å²) in [6.07, 6.45) is 0. The highest BCUT2D eigenvalue weighted by molar-refractivity contribution is 6.34. The van der Waals surface area contributed by atoms with Gasteiger partial charge in [0.15, 0.2) is 5.82 Å². The minimum Gasteiger partial charge on any atom is -0.365 e. The van der Waals surface area contributed by atoms with Crippen molar-refractivity contribution in [3.8, 4) is 0 Å². The Kier molecular flexibility index (Phi) is 4.82. The summed E-state index contributed by atoms with van der Waals surface area (Å²) in [5.74, 6) is 0.408. The molecule has 0 radical (unpaired) electrons. The van der Waals surface area contributed by atoms with Gasteiger partial charge in [-0.2, -0.15) is 0 Å². The van der Waals surface area contributed by atoms with Crippen LogP contribution in [-0.4, -0.2) is 52.9 Å². The number of nitrogens with one attached hydrogen (secondary N) is 1. The van der Waals surface area contributed by atoms with Crippen LogP contribution in [0.3, 0.4) is 0 Å². The van der Waals surface area contributed by atoms with Crippen LogP contribution in [0.1, 0.15) is 45.2 Å². The predicted octanol–water partition coefficient (Wildman–Crippen LogP) is 3.98. The standard InChI is InChI=1S/C19H27ClN4O/c1-6-23-7-8-24(12(2)11-23)16-10-15-14(9-13(16)20)21-18(22-15)17(25)19(3,4)5/h9-10,12H,6-8,11H2,1-5H3,(H,21,22)/t12-/m1/s1. The van der Waals surface area contributed by atoms with Gasteiger partial charge in [0.1, 0.15) is 0 Å². The van der Waals surface area contributed by atoms with Crippen LogP contribution in [0.25, 0.3) is 11.0 Å². The summed E-state index contributed by atoms with van der Waals surface area (Å²) >= 11 is 6.56. The topological polar surface area (TPSA) is 52.2 Å². The van der Waals surface area contributed by atoms with E-state index in [9.17, 15) is 4.79 Å². The van der Waals surface area contributed by atoms with Crippen LogP contribution in [0, 0.1) is 5.41 Å². The van der Waals surface area contributed by atoms with Crippen LogP contribution < -0.4 is 4.90 Å². The van der Waals surface area contributed by atoms with Crippen LogP contribution >= 0.6 is 11.6 Å². The lowest BCUT2D eigenvalue weighted by Gasteiger charge is -2.41. The molecule has 1 aliphatic heterocycles. The van der Waals surface area contributed by atoms with Gasteiger partial charge in [0, 0.05) is 31.1 Å². The number of anilines is 1. The van der Waals surface area contributed by atoms with Gasteiger partial charge >= 0.3 is 0 Å². The van der Waals surface area contributed by atoms with E-state index in [1.807, 2.05) is 32.9 Å². The highest BCUT2D eigenvalue weighted by Gasteiger charge is 2.28. The van der Waals surface area contributed by atoms with Crippen molar-refractivity contribution in [1.29, 1.82) is 0 Å². The fourth-order valence-corrected chi connectivity index (χ4v) is 3.65. The summed E-state index contributed by atoms with van der Waals surface area (Å²) in [6.45, 7) is 14.2. The number of H-pyrrole nitrogens is 1. The first-order chi connectivity index (χ1) is 11.7. The Balaban J connectivity index is 1.95. The maximum atomic E-state index is 12.5. The summed E-state index contributed by atoms with van der Waals surface area (Å²) in [5.41, 5.74) is 2.13. The zero-order valence-electron chi connectivity index (χ0n) is 15.7. The number of carbonyl (C=O) groups excluding carboxylic acids is 1. The molecule has 1 fully saturated rings. The molecule has 0 saturated carbocycles. The van der Waals surface area contributed by atoms with Crippen LogP contribution in [0.4, 0.5) is 5.69 Å². The number of benzene rings is 1. The number of aromatic amines is 1. The lowest BCUT2D eigenvalue weighted by atomic mass is 9.90. The molecule has 5 nitrogen and oxygen atoms in total. The van der Waals surface area contributed by atoms with Gasteiger partial charge in [-0.05, 0) is 25.6 Å². The maximum absolute atomic E-state index is 12.5. The molecule has 0 unspecified atom stereocenters. The van der Waals surface area contributed by atoms with Gasteiger partial charge in [-0.25, -0.2) is 4.98 Å². The normalized spacial score (nSPS) is 19.6. The van der Waals surface area contributed by atoms with Crippen LogP contribution in [0.15, 0.2) is 12.1 Å². The minimum absolute atomic E-state index is 0.00583. The van der Waals surface area contributed by atoms with Crippen molar-refractivity contribution in [2.45, 2.75) is 40.7 Å². The highest BCUT2D eigenvalue weighted by Crippen LogP contribution is 2.33. The number of halogens is 1. The zero-order chi connectivity index (χ0) is 18.4. The molecule has 1 saturated heterocycles. The molecule has 136 valence electrons. The zero-order valence-corrected chi connectivity index (χ0v) is 16.4. The van der Waals surface area contributed by atoms with E-state index in [1.54, 1.807) is 0 Å². The van der Waals surface area contributed by atoms with Gasteiger partial charge in [-0.15, -0.1) is 0 Å². The number of piperazine rings is 1. The van der Waals surface area contributed by atoms with Gasteiger partial charge in [-0.1, -0.05) is 39.3 Å². The molecule has 25 heavy (non-hydrogen) atoms. The van der Waals surface area contributed by atoms with Gasteiger partial charge in [0.25, 0.3) is 0 Å². The van der Waals surface area contributed by atoms with E-state index in [2.05, 4.69) is 33.6 Å². The minimum atomic E-state index is -0.467. The Hall–Kier alpha value is -1.59. The number of ketones is 1. The maximum Gasteiger partial charge on any atom is 0.203 e. The van der Waals surface area contributed by atoms with Crippen molar-refractivity contribution >= 4 is 34.1 Å². The molecule has 1 atom stereocenters. The molecule has 0 aliphatic carbocycles. The molecule has 0 spiro atoms. The first kappa shape index (κ1) is 18.2. The molecule has 0 bridgehead atoms. The van der Waals surface area contributed by atoms with Crippen molar-refractivity contribution < 1.29 is 4.79 Å². The monoisotopic (exact) mass is 362 g/mol. The van der Waals surface area contributed by atoms with Gasteiger partial charge < -0.3 is 9.88 Å². The summed E-state index contributed by atoms with van der Waals surface area (Å²) in [7, 11) is 0. The fraction of sp³-hybridized carbons (Fsp3) is 0.579. The summed E-state index contributed by atoms with van der Waals surface area (Å²) < 4.78 is 0. The van der Waals surface area contributed by atoms with Crippen LogP contribution in [-0.2, 0) is 0 Å². The third-order valence-electron chi connectivity index (χ3n) is 4.91. The number of fused-ring (bicyclic) bond motifs is 1. The molecule has 2 aromatic rings. The number of likely N-dealkylation sites (N-methyl/N-ethyl adjacent to an activating group) is 1. The average Bonchev–Trinajstić information content (AvgIpc) is 2.95. The Labute approximate surface area is 154 Å². The number of carbonyl (C=O) groups is 1. The van der Waals surface area contributed by atoms with Crippen LogP contribution in [0.2, 0.25) is 5.02 Å². The van der Waals surface area contributed by atoms with Gasteiger partial charge in [0.05, 0.1) is 21.7 Å². The lowest BCUT2D eigenvalue weighted by molar-refractivity contribution is 0.0848. The van der Waals surface area contributed by atoms with Crippen molar-refractivity contribution in [2.24, 2.45) is 5.41 Å². The molecule has 2 heterocycles. The second kappa shape index (κ2) is 6.61. The van der Waals surface area contributed by atoms with Crippen molar-refractivity contribution in [3.05, 3.63) is 23.0 Å². The van der Waals surface area contributed by atoms with E-state index in [-0.39, 0.29) is 5.78 Å². The summed E-state index contributed by atoms with van der Waals surface area (Å²) in [5, 5.41) is 0.697. The average molecular weight is 363 g/mol. The molecule has 1 aromatic carbocycles. The van der Waals surface area contributed by atoms with E-state index in [1.165, 1.54) is 0 Å². The fourth-order valence-electron chi connectivity index (χ4n) is 3.38. The van der Waals surface area contributed by atoms with E-state index < -0.39 is 5.41 Å². The Bertz CT molecular complexity index is 793. The molecule has 3 rings (SSSR count). The molecule has 1 N–H and O–H groups in total. The smallest absolute Gasteiger partial charge is 0.203 e. The third-order valence-corrected chi connectivity index (χ3v) is 5.22. The quantitative estimate of drug-likeness (QED) is 0.839. The molecular weight excluding hydrogens is 336 g/mol. The van der Waals surface area contributed by atoms with Gasteiger partial charge in [-0.3, -0.25) is 9.69 Å². The SMILES string of the molecule is CCN1CCN(c2cc3nc(C(=O)C(C)(C)C)[nH]c3cc2Cl)[C@H](C)C1. The summed E-state index contributed by atoms with van der Waals surface area (Å²) in [4.78, 5) is 24.9. The second-order valence-electron chi connectivity index (χ2n) is 7.92. The first-order valence-corrected chi connectivity index (χ1v) is 9.31. The van der Waals surface area contributed by atoms with Crippen molar-refractivity contribution in [1.82, 2.24) is 14.9 Å². The number of rotatable bonds is 3. The van der Waals surface area contributed by atoms with Crippen LogP contribution in [0.5, 0.6) is 0 Å². The Morgan fingerprint density at radius 1 is 1.36 bits per heavy atom. The van der Waals surface area contributed by atoms with E-state index in [0.717, 1.165) is 42.9 Å². The highest BCUT2D eigenvalue weighted by atomic mass is 35.5. The van der Waals surface area contributed by atoms with Crippen molar-refractivity contribution in [3.63, 3.8) is 0 Å². The predicted molar refractivity (Wildman–Crippen MR) is 104 cm³/mol. The molecule has 1 aliphatic rings. The number of nitrogens with zero attached hydrogens (tertiary/aromatic N) is 3. The van der Waals surface area contributed by atoms with E-state index >= 15 is 0 Å². The summed E-state index contributed by atoms with van der Waals surface area (Å²) in [6, 6.07) is 4.28. The second-order valence-corrected chi connectivity index (χ2v) is 8.33. The molecular formula is C19H27ClN4O. The molecule has 0 amide bonds. The third kappa shape index (κ3) is 3.53. The number of Topliss-reactive ketones (excluding diaryl/α,β-unsaturated/α-hetero) is 1. The number of hydrogen-bond donors (Lipinski definition) is 1. The molecule has 1 aromatic heterocycles. The van der Waals surface area contributed by atoms with E-state index in [0.29, 0.717) is 16.9 Å². The number of hydrogen-bond acceptors (Lipinski definition) is 4. The Morgan fingerprint density at radius 2 is 2.08 bits per heavy atom. The molecule has 6 heteroatoms. The largest absolute Gasteiger partial charge is 0.365 e.